The molecule has 1 unspecified atom stereocenters. The number of ether oxygens (including phenoxy) is 1. The lowest BCUT2D eigenvalue weighted by atomic mass is 9.81. The molecule has 0 aromatic heterocycles. The first-order valence-corrected chi connectivity index (χ1v) is 7.94. The number of aliphatic hydroxyl groups is 1. The van der Waals surface area contributed by atoms with Gasteiger partial charge in [0, 0.05) is 12.1 Å². The van der Waals surface area contributed by atoms with Crippen molar-refractivity contribution in [2.45, 2.75) is 50.7 Å². The minimum atomic E-state index is -0.991. The first-order chi connectivity index (χ1) is 10.6. The van der Waals surface area contributed by atoms with Crippen molar-refractivity contribution in [2.75, 3.05) is 13.2 Å². The molecule has 1 atom stereocenters. The van der Waals surface area contributed by atoms with Gasteiger partial charge in [0.2, 0.25) is 0 Å². The Morgan fingerprint density at radius 2 is 2.05 bits per heavy atom. The summed E-state index contributed by atoms with van der Waals surface area (Å²) >= 11 is 0. The molecule has 1 aromatic rings. The number of esters is 1. The molecule has 0 amide bonds. The summed E-state index contributed by atoms with van der Waals surface area (Å²) in [5.74, 6) is -0.707. The van der Waals surface area contributed by atoms with Gasteiger partial charge in [0.25, 0.3) is 0 Å². The third kappa shape index (κ3) is 3.84. The van der Waals surface area contributed by atoms with Crippen molar-refractivity contribution in [1.82, 2.24) is 5.32 Å². The average molecular weight is 309 g/mol. The number of rotatable bonds is 6. The standard InChI is InChI=1S/C17H24FNO3/c1-2-22-16(21)17(10-6-3-7-11-17)19-12-15(20)13-8-4-5-9-14(13)18/h4-5,8-9,15,19-20H,2-3,6-7,10-12H2,1H3. The topological polar surface area (TPSA) is 58.6 Å². The van der Waals surface area contributed by atoms with Crippen LogP contribution in [-0.2, 0) is 9.53 Å². The van der Waals surface area contributed by atoms with Gasteiger partial charge in [-0.3, -0.25) is 10.1 Å². The van der Waals surface area contributed by atoms with Crippen LogP contribution in [0.1, 0.15) is 50.7 Å². The van der Waals surface area contributed by atoms with Crippen LogP contribution in [-0.4, -0.2) is 29.8 Å². The molecule has 22 heavy (non-hydrogen) atoms. The molecule has 1 saturated carbocycles. The molecule has 2 N–H and O–H groups in total. The molecule has 0 bridgehead atoms. The van der Waals surface area contributed by atoms with Gasteiger partial charge in [-0.2, -0.15) is 0 Å². The molecule has 2 rings (SSSR count). The Morgan fingerprint density at radius 3 is 2.68 bits per heavy atom. The number of β-amino-alcohol motifs (C(OH)–C–C–N with tert-alkyl or cyclic N) is 1. The minimum Gasteiger partial charge on any atom is -0.465 e. The van der Waals surface area contributed by atoms with Gasteiger partial charge in [-0.05, 0) is 25.8 Å². The maximum atomic E-state index is 13.7. The Bertz CT molecular complexity index is 500. The normalized spacial score (nSPS) is 18.7. The van der Waals surface area contributed by atoms with Gasteiger partial charge in [-0.1, -0.05) is 37.5 Å². The van der Waals surface area contributed by atoms with Gasteiger partial charge in [0.15, 0.2) is 0 Å². The Labute approximate surface area is 130 Å². The Balaban J connectivity index is 2.05. The van der Waals surface area contributed by atoms with Crippen LogP contribution in [0, 0.1) is 5.82 Å². The molecule has 5 heteroatoms. The number of carbonyl (C=O) groups is 1. The van der Waals surface area contributed by atoms with E-state index < -0.39 is 17.5 Å². The van der Waals surface area contributed by atoms with Gasteiger partial charge in [0.1, 0.15) is 11.4 Å². The van der Waals surface area contributed by atoms with Crippen molar-refractivity contribution in [3.63, 3.8) is 0 Å². The lowest BCUT2D eigenvalue weighted by molar-refractivity contribution is -0.153. The van der Waals surface area contributed by atoms with Crippen molar-refractivity contribution in [1.29, 1.82) is 0 Å². The minimum absolute atomic E-state index is 0.125. The average Bonchev–Trinajstić information content (AvgIpc) is 2.54. The van der Waals surface area contributed by atoms with Crippen molar-refractivity contribution >= 4 is 5.97 Å². The number of nitrogens with one attached hydrogen (secondary N) is 1. The smallest absolute Gasteiger partial charge is 0.326 e. The number of hydrogen-bond donors (Lipinski definition) is 2. The van der Waals surface area contributed by atoms with Crippen LogP contribution in [0.15, 0.2) is 24.3 Å². The highest BCUT2D eigenvalue weighted by atomic mass is 19.1. The fraction of sp³-hybridized carbons (Fsp3) is 0.588. The van der Waals surface area contributed by atoms with Crippen molar-refractivity contribution in [3.8, 4) is 0 Å². The zero-order chi connectivity index (χ0) is 16.0. The number of benzene rings is 1. The van der Waals surface area contributed by atoms with Crippen molar-refractivity contribution in [3.05, 3.63) is 35.6 Å². The lowest BCUT2D eigenvalue weighted by Gasteiger charge is -2.36. The number of halogens is 1. The molecule has 0 saturated heterocycles. The van der Waals surface area contributed by atoms with Crippen LogP contribution >= 0.6 is 0 Å². The van der Waals surface area contributed by atoms with Gasteiger partial charge in [-0.15, -0.1) is 0 Å². The number of aliphatic hydroxyl groups excluding tert-OH is 1. The van der Waals surface area contributed by atoms with E-state index in [2.05, 4.69) is 5.32 Å². The van der Waals surface area contributed by atoms with Crippen LogP contribution in [0.4, 0.5) is 4.39 Å². The summed E-state index contributed by atoms with van der Waals surface area (Å²) in [6.07, 6.45) is 3.38. The van der Waals surface area contributed by atoms with E-state index in [1.54, 1.807) is 25.1 Å². The highest BCUT2D eigenvalue weighted by Crippen LogP contribution is 2.30. The lowest BCUT2D eigenvalue weighted by Crippen LogP contribution is -2.55. The zero-order valence-electron chi connectivity index (χ0n) is 13.0. The van der Waals surface area contributed by atoms with Crippen LogP contribution < -0.4 is 5.32 Å². The highest BCUT2D eigenvalue weighted by Gasteiger charge is 2.40. The maximum Gasteiger partial charge on any atom is 0.326 e. The van der Waals surface area contributed by atoms with Crippen LogP contribution in [0.25, 0.3) is 0 Å². The predicted octanol–water partition coefficient (Wildman–Crippen LogP) is 2.71. The van der Waals surface area contributed by atoms with Crippen molar-refractivity contribution < 1.29 is 19.0 Å². The van der Waals surface area contributed by atoms with E-state index in [9.17, 15) is 14.3 Å². The fourth-order valence-corrected chi connectivity index (χ4v) is 3.02. The Kier molecular flexibility index (Phi) is 5.91. The Hall–Kier alpha value is -1.46. The van der Waals surface area contributed by atoms with E-state index in [0.29, 0.717) is 19.4 Å². The summed E-state index contributed by atoms with van der Waals surface area (Å²) < 4.78 is 18.9. The van der Waals surface area contributed by atoms with E-state index in [1.165, 1.54) is 6.07 Å². The summed E-state index contributed by atoms with van der Waals surface area (Å²) in [6, 6.07) is 6.14. The molecule has 1 aliphatic rings. The van der Waals surface area contributed by atoms with E-state index in [1.807, 2.05) is 0 Å². The molecule has 0 heterocycles. The van der Waals surface area contributed by atoms with Gasteiger partial charge in [-0.25, -0.2) is 4.39 Å². The summed E-state index contributed by atoms with van der Waals surface area (Å²) in [6.45, 7) is 2.24. The summed E-state index contributed by atoms with van der Waals surface area (Å²) in [5, 5.41) is 13.4. The van der Waals surface area contributed by atoms with Crippen LogP contribution in [0.5, 0.6) is 0 Å². The third-order valence-corrected chi connectivity index (χ3v) is 4.27. The second-order valence-electron chi connectivity index (χ2n) is 5.78. The van der Waals surface area contributed by atoms with E-state index >= 15 is 0 Å². The SMILES string of the molecule is CCOC(=O)C1(NCC(O)c2ccccc2F)CCCCC1. The molecule has 1 aromatic carbocycles. The van der Waals surface area contributed by atoms with E-state index in [4.69, 9.17) is 4.74 Å². The summed E-state index contributed by atoms with van der Waals surface area (Å²) in [4.78, 5) is 12.3. The first-order valence-electron chi connectivity index (χ1n) is 7.94. The molecule has 1 aliphatic carbocycles. The van der Waals surface area contributed by atoms with Gasteiger partial charge in [0.05, 0.1) is 12.7 Å². The van der Waals surface area contributed by atoms with Crippen LogP contribution in [0.3, 0.4) is 0 Å². The molecule has 1 fully saturated rings. The number of carbonyl (C=O) groups excluding carboxylic acids is 1. The third-order valence-electron chi connectivity index (χ3n) is 4.27. The molecular formula is C17H24FNO3. The second kappa shape index (κ2) is 7.70. The largest absolute Gasteiger partial charge is 0.465 e. The monoisotopic (exact) mass is 309 g/mol. The quantitative estimate of drug-likeness (QED) is 0.793. The molecular weight excluding hydrogens is 285 g/mol. The second-order valence-corrected chi connectivity index (χ2v) is 5.78. The van der Waals surface area contributed by atoms with E-state index in [0.717, 1.165) is 19.3 Å². The molecule has 0 aliphatic heterocycles. The van der Waals surface area contributed by atoms with Crippen LogP contribution in [0.2, 0.25) is 0 Å². The predicted molar refractivity (Wildman–Crippen MR) is 81.8 cm³/mol. The van der Waals surface area contributed by atoms with Gasteiger partial charge < -0.3 is 9.84 Å². The van der Waals surface area contributed by atoms with Crippen molar-refractivity contribution in [2.24, 2.45) is 0 Å². The zero-order valence-corrected chi connectivity index (χ0v) is 13.0. The molecule has 122 valence electrons. The number of hydrogen-bond acceptors (Lipinski definition) is 4. The highest BCUT2D eigenvalue weighted by molar-refractivity contribution is 5.81. The Morgan fingerprint density at radius 1 is 1.36 bits per heavy atom. The summed E-state index contributed by atoms with van der Waals surface area (Å²) in [7, 11) is 0. The molecule has 0 spiro atoms. The maximum absolute atomic E-state index is 13.7. The van der Waals surface area contributed by atoms with Gasteiger partial charge >= 0.3 is 5.97 Å². The molecule has 0 radical (unpaired) electrons. The summed E-state index contributed by atoms with van der Waals surface area (Å²) in [5.41, 5.74) is -0.509. The van der Waals surface area contributed by atoms with E-state index in [-0.39, 0.29) is 18.1 Å². The molecule has 4 nitrogen and oxygen atoms in total. The first kappa shape index (κ1) is 16.9. The fourth-order valence-electron chi connectivity index (χ4n) is 3.02.